The SMILES string of the molecule is CN(c1ccnc(NCC(c2cccnc2)N2CCOCC2)n1)c1ccnc(-c2ccccc2)n1. The zero-order valence-corrected chi connectivity index (χ0v) is 19.7. The van der Waals surface area contributed by atoms with Crippen LogP contribution in [0.3, 0.4) is 0 Å². The molecule has 1 unspecified atom stereocenters. The summed E-state index contributed by atoms with van der Waals surface area (Å²) in [5, 5.41) is 3.43. The summed E-state index contributed by atoms with van der Waals surface area (Å²) in [6.07, 6.45) is 7.25. The highest BCUT2D eigenvalue weighted by Gasteiger charge is 2.23. The Morgan fingerprint density at radius 1 is 0.914 bits per heavy atom. The van der Waals surface area contributed by atoms with Gasteiger partial charge in [0.1, 0.15) is 11.6 Å². The number of benzene rings is 1. The van der Waals surface area contributed by atoms with Crippen LogP contribution in [-0.2, 0) is 4.74 Å². The predicted molar refractivity (Wildman–Crippen MR) is 135 cm³/mol. The fourth-order valence-corrected chi connectivity index (χ4v) is 4.11. The first kappa shape index (κ1) is 22.8. The largest absolute Gasteiger partial charge is 0.379 e. The van der Waals surface area contributed by atoms with Gasteiger partial charge in [-0.2, -0.15) is 4.98 Å². The fourth-order valence-electron chi connectivity index (χ4n) is 4.11. The minimum atomic E-state index is 0.146. The second-order valence-corrected chi connectivity index (χ2v) is 8.23. The zero-order chi connectivity index (χ0) is 23.9. The molecule has 0 aliphatic carbocycles. The molecule has 0 spiro atoms. The summed E-state index contributed by atoms with van der Waals surface area (Å²) in [7, 11) is 1.94. The van der Waals surface area contributed by atoms with Gasteiger partial charge in [0.2, 0.25) is 5.95 Å². The number of hydrogen-bond donors (Lipinski definition) is 1. The van der Waals surface area contributed by atoms with E-state index in [2.05, 4.69) is 31.2 Å². The highest BCUT2D eigenvalue weighted by molar-refractivity contribution is 5.61. The van der Waals surface area contributed by atoms with Crippen LogP contribution in [0.2, 0.25) is 0 Å². The molecule has 1 N–H and O–H groups in total. The van der Waals surface area contributed by atoms with Crippen molar-refractivity contribution >= 4 is 17.6 Å². The number of anilines is 3. The van der Waals surface area contributed by atoms with Gasteiger partial charge < -0.3 is 15.0 Å². The molecule has 35 heavy (non-hydrogen) atoms. The van der Waals surface area contributed by atoms with Crippen LogP contribution in [0.25, 0.3) is 11.4 Å². The van der Waals surface area contributed by atoms with Crippen molar-refractivity contribution < 1.29 is 4.74 Å². The summed E-state index contributed by atoms with van der Waals surface area (Å²) in [5.41, 5.74) is 2.13. The maximum Gasteiger partial charge on any atom is 0.224 e. The van der Waals surface area contributed by atoms with Crippen LogP contribution < -0.4 is 10.2 Å². The second kappa shape index (κ2) is 11.0. The first-order valence-corrected chi connectivity index (χ1v) is 11.7. The summed E-state index contributed by atoms with van der Waals surface area (Å²) in [6, 6.07) is 17.9. The Balaban J connectivity index is 1.32. The third kappa shape index (κ3) is 5.59. The molecule has 0 saturated carbocycles. The highest BCUT2D eigenvalue weighted by Crippen LogP contribution is 2.24. The first-order chi connectivity index (χ1) is 17.3. The molecule has 1 aromatic carbocycles. The first-order valence-electron chi connectivity index (χ1n) is 11.7. The minimum Gasteiger partial charge on any atom is -0.379 e. The molecule has 0 bridgehead atoms. The van der Waals surface area contributed by atoms with E-state index in [0.717, 1.165) is 49.1 Å². The number of aromatic nitrogens is 5. The molecule has 178 valence electrons. The summed E-state index contributed by atoms with van der Waals surface area (Å²) < 4.78 is 5.55. The normalized spacial score (nSPS) is 14.9. The molecule has 4 heterocycles. The van der Waals surface area contributed by atoms with Crippen LogP contribution in [0.15, 0.2) is 79.4 Å². The van der Waals surface area contributed by atoms with E-state index in [1.54, 1.807) is 18.6 Å². The lowest BCUT2D eigenvalue weighted by molar-refractivity contribution is 0.0186. The van der Waals surface area contributed by atoms with Crippen LogP contribution in [0.1, 0.15) is 11.6 Å². The quantitative estimate of drug-likeness (QED) is 0.416. The zero-order valence-electron chi connectivity index (χ0n) is 19.7. The van der Waals surface area contributed by atoms with Gasteiger partial charge in [-0.05, 0) is 23.8 Å². The molecule has 0 radical (unpaired) electrons. The Morgan fingerprint density at radius 3 is 2.46 bits per heavy atom. The number of ether oxygens (including phenoxy) is 1. The summed E-state index contributed by atoms with van der Waals surface area (Å²) >= 11 is 0. The number of pyridine rings is 1. The molecular formula is C26H28N8O. The lowest BCUT2D eigenvalue weighted by Crippen LogP contribution is -2.41. The molecule has 1 atom stereocenters. The van der Waals surface area contributed by atoms with Crippen molar-refractivity contribution in [2.75, 3.05) is 50.1 Å². The molecule has 9 nitrogen and oxygen atoms in total. The van der Waals surface area contributed by atoms with Crippen molar-refractivity contribution in [3.8, 4) is 11.4 Å². The Labute approximate surface area is 204 Å². The molecular weight excluding hydrogens is 440 g/mol. The number of nitrogens with zero attached hydrogens (tertiary/aromatic N) is 7. The highest BCUT2D eigenvalue weighted by atomic mass is 16.5. The third-order valence-corrected chi connectivity index (χ3v) is 6.01. The van der Waals surface area contributed by atoms with Crippen molar-refractivity contribution in [3.63, 3.8) is 0 Å². The van der Waals surface area contributed by atoms with Gasteiger partial charge in [-0.15, -0.1) is 0 Å². The van der Waals surface area contributed by atoms with Gasteiger partial charge >= 0.3 is 0 Å². The van der Waals surface area contributed by atoms with Gasteiger partial charge in [-0.25, -0.2) is 15.0 Å². The van der Waals surface area contributed by atoms with Crippen molar-refractivity contribution in [1.82, 2.24) is 29.8 Å². The van der Waals surface area contributed by atoms with Gasteiger partial charge in [-0.3, -0.25) is 9.88 Å². The smallest absolute Gasteiger partial charge is 0.224 e. The lowest BCUT2D eigenvalue weighted by Gasteiger charge is -2.34. The number of nitrogens with one attached hydrogen (secondary N) is 1. The number of morpholine rings is 1. The number of hydrogen-bond acceptors (Lipinski definition) is 9. The van der Waals surface area contributed by atoms with Gasteiger partial charge in [-0.1, -0.05) is 36.4 Å². The van der Waals surface area contributed by atoms with E-state index in [1.807, 2.05) is 66.7 Å². The van der Waals surface area contributed by atoms with Crippen LogP contribution in [0.4, 0.5) is 17.6 Å². The van der Waals surface area contributed by atoms with E-state index in [1.165, 1.54) is 0 Å². The average Bonchev–Trinajstić information content (AvgIpc) is 2.95. The van der Waals surface area contributed by atoms with E-state index < -0.39 is 0 Å². The molecule has 1 fully saturated rings. The monoisotopic (exact) mass is 468 g/mol. The van der Waals surface area contributed by atoms with E-state index in [-0.39, 0.29) is 6.04 Å². The van der Waals surface area contributed by atoms with Crippen LogP contribution in [-0.4, -0.2) is 69.7 Å². The lowest BCUT2D eigenvalue weighted by atomic mass is 10.1. The van der Waals surface area contributed by atoms with Crippen LogP contribution >= 0.6 is 0 Å². The molecule has 1 aliphatic rings. The van der Waals surface area contributed by atoms with Gasteiger partial charge in [0, 0.05) is 57.0 Å². The molecule has 9 heteroatoms. The third-order valence-electron chi connectivity index (χ3n) is 6.01. The Morgan fingerprint density at radius 2 is 1.69 bits per heavy atom. The Hall–Kier alpha value is -3.95. The van der Waals surface area contributed by atoms with Gasteiger partial charge in [0.25, 0.3) is 0 Å². The van der Waals surface area contributed by atoms with Crippen molar-refractivity contribution in [2.24, 2.45) is 0 Å². The molecule has 1 saturated heterocycles. The molecule has 3 aromatic heterocycles. The van der Waals surface area contributed by atoms with E-state index in [0.29, 0.717) is 18.3 Å². The summed E-state index contributed by atoms with van der Waals surface area (Å²) in [4.78, 5) is 27.0. The molecule has 1 aliphatic heterocycles. The topological polar surface area (TPSA) is 92.2 Å². The maximum absolute atomic E-state index is 5.55. The van der Waals surface area contributed by atoms with Crippen molar-refractivity contribution in [1.29, 1.82) is 0 Å². The minimum absolute atomic E-state index is 0.146. The second-order valence-electron chi connectivity index (χ2n) is 8.23. The Kier molecular flexibility index (Phi) is 7.16. The van der Waals surface area contributed by atoms with E-state index >= 15 is 0 Å². The van der Waals surface area contributed by atoms with Gasteiger partial charge in [0.05, 0.1) is 19.3 Å². The molecule has 5 rings (SSSR count). The summed E-state index contributed by atoms with van der Waals surface area (Å²) in [6.45, 7) is 3.88. The van der Waals surface area contributed by atoms with Crippen LogP contribution in [0, 0.1) is 0 Å². The number of rotatable bonds is 8. The van der Waals surface area contributed by atoms with E-state index in [4.69, 9.17) is 14.7 Å². The fraction of sp³-hybridized carbons (Fsp3) is 0.269. The van der Waals surface area contributed by atoms with Crippen LogP contribution in [0.5, 0.6) is 0 Å². The average molecular weight is 469 g/mol. The predicted octanol–water partition coefficient (Wildman–Crippen LogP) is 3.58. The molecule has 4 aromatic rings. The molecule has 0 amide bonds. The maximum atomic E-state index is 5.55. The summed E-state index contributed by atoms with van der Waals surface area (Å²) in [5.74, 6) is 2.73. The van der Waals surface area contributed by atoms with Crippen molar-refractivity contribution in [2.45, 2.75) is 6.04 Å². The Bertz CT molecular complexity index is 1220. The standard InChI is InChI=1S/C26H28N8O/c1-33(23-9-12-28-25(31-23)20-6-3-2-4-7-20)24-10-13-29-26(32-24)30-19-22(21-8-5-11-27-18-21)34-14-16-35-17-15-34/h2-13,18,22H,14-17,19H2,1H3,(H,29,30,32). The van der Waals surface area contributed by atoms with E-state index in [9.17, 15) is 0 Å². The van der Waals surface area contributed by atoms with Gasteiger partial charge in [0.15, 0.2) is 5.82 Å². The van der Waals surface area contributed by atoms with Crippen molar-refractivity contribution in [3.05, 3.63) is 84.9 Å².